The van der Waals surface area contributed by atoms with Gasteiger partial charge in [-0.1, -0.05) is 6.07 Å². The van der Waals surface area contributed by atoms with Crippen molar-refractivity contribution >= 4 is 5.91 Å². The molecule has 1 spiro atoms. The summed E-state index contributed by atoms with van der Waals surface area (Å²) in [4.78, 5) is 14.6. The molecule has 1 aromatic carbocycles. The molecule has 25 heavy (non-hydrogen) atoms. The molecule has 134 valence electrons. The van der Waals surface area contributed by atoms with Crippen LogP contribution in [0, 0.1) is 5.92 Å². The summed E-state index contributed by atoms with van der Waals surface area (Å²) in [6, 6.07) is 4.17. The number of amides is 1. The number of fused-ring (bicyclic) bond motifs is 4. The van der Waals surface area contributed by atoms with Crippen molar-refractivity contribution in [3.8, 4) is 5.75 Å². The van der Waals surface area contributed by atoms with Crippen LogP contribution < -0.4 is 15.4 Å². The Morgan fingerprint density at radius 3 is 2.80 bits per heavy atom. The van der Waals surface area contributed by atoms with Gasteiger partial charge in [0.2, 0.25) is 0 Å². The topological polar surface area (TPSA) is 53.6 Å². The molecule has 0 aromatic heterocycles. The lowest BCUT2D eigenvalue weighted by molar-refractivity contribution is 0.0965. The van der Waals surface area contributed by atoms with Crippen molar-refractivity contribution in [1.82, 2.24) is 15.5 Å². The Hall–Kier alpha value is -1.59. The molecule has 1 amide bonds. The maximum absolute atomic E-state index is 11.9. The molecule has 0 atom stereocenters. The van der Waals surface area contributed by atoms with Gasteiger partial charge in [-0.3, -0.25) is 4.79 Å². The van der Waals surface area contributed by atoms with Crippen LogP contribution in [0.5, 0.6) is 5.75 Å². The molecule has 1 aromatic rings. The van der Waals surface area contributed by atoms with Gasteiger partial charge in [-0.25, -0.2) is 0 Å². The van der Waals surface area contributed by atoms with E-state index in [2.05, 4.69) is 21.6 Å². The maximum atomic E-state index is 11.9. The van der Waals surface area contributed by atoms with Crippen molar-refractivity contribution in [1.29, 1.82) is 0 Å². The zero-order chi connectivity index (χ0) is 16.9. The van der Waals surface area contributed by atoms with Gasteiger partial charge in [0.15, 0.2) is 0 Å². The summed E-state index contributed by atoms with van der Waals surface area (Å²) in [5.41, 5.74) is 3.40. The van der Waals surface area contributed by atoms with E-state index in [1.807, 2.05) is 6.07 Å². The maximum Gasteiger partial charge on any atom is 0.252 e. The number of carbonyl (C=O) groups is 1. The Labute approximate surface area is 149 Å². The second-order valence-corrected chi connectivity index (χ2v) is 8.21. The smallest absolute Gasteiger partial charge is 0.252 e. The van der Waals surface area contributed by atoms with E-state index < -0.39 is 0 Å². The lowest BCUT2D eigenvalue weighted by Crippen LogP contribution is -2.46. The minimum absolute atomic E-state index is 0.0409. The quantitative estimate of drug-likeness (QED) is 0.859. The molecular formula is C20H27N3O2. The highest BCUT2D eigenvalue weighted by molar-refractivity contribution is 5.99. The Morgan fingerprint density at radius 1 is 1.20 bits per heavy atom. The molecule has 2 N–H and O–H groups in total. The molecule has 2 fully saturated rings. The number of ether oxygens (including phenoxy) is 1. The first-order valence-corrected chi connectivity index (χ1v) is 9.76. The molecule has 5 heteroatoms. The number of piperidine rings is 2. The molecule has 0 radical (unpaired) electrons. The van der Waals surface area contributed by atoms with Gasteiger partial charge in [0.25, 0.3) is 5.91 Å². The van der Waals surface area contributed by atoms with Crippen LogP contribution in [0.2, 0.25) is 0 Å². The number of hydrogen-bond donors (Lipinski definition) is 2. The van der Waals surface area contributed by atoms with E-state index in [-0.39, 0.29) is 11.3 Å². The summed E-state index contributed by atoms with van der Waals surface area (Å²) in [7, 11) is 0. The van der Waals surface area contributed by atoms with Crippen LogP contribution in [-0.4, -0.2) is 50.1 Å². The van der Waals surface area contributed by atoms with E-state index in [0.29, 0.717) is 6.54 Å². The summed E-state index contributed by atoms with van der Waals surface area (Å²) in [5, 5.41) is 6.39. The zero-order valence-corrected chi connectivity index (χ0v) is 14.8. The number of benzene rings is 1. The SMILES string of the molecule is O=C1NCc2c1ccc1c2OCC12CCN(CC1CCNCC1)CC2. The monoisotopic (exact) mass is 341 g/mol. The van der Waals surface area contributed by atoms with E-state index >= 15 is 0 Å². The zero-order valence-electron chi connectivity index (χ0n) is 14.8. The Balaban J connectivity index is 1.31. The summed E-state index contributed by atoms with van der Waals surface area (Å²) in [5.74, 6) is 1.91. The second kappa shape index (κ2) is 5.99. The normalized spacial score (nSPS) is 25.5. The van der Waals surface area contributed by atoms with Crippen molar-refractivity contribution in [2.45, 2.75) is 37.6 Å². The number of nitrogens with one attached hydrogen (secondary N) is 2. The van der Waals surface area contributed by atoms with Crippen molar-refractivity contribution in [2.75, 3.05) is 39.3 Å². The highest BCUT2D eigenvalue weighted by atomic mass is 16.5. The van der Waals surface area contributed by atoms with Crippen LogP contribution in [0.3, 0.4) is 0 Å². The lowest BCUT2D eigenvalue weighted by atomic mass is 9.73. The molecule has 4 aliphatic heterocycles. The fraction of sp³-hybridized carbons (Fsp3) is 0.650. The van der Waals surface area contributed by atoms with Gasteiger partial charge in [-0.2, -0.15) is 0 Å². The molecule has 5 nitrogen and oxygen atoms in total. The number of hydrogen-bond acceptors (Lipinski definition) is 4. The van der Waals surface area contributed by atoms with E-state index in [1.54, 1.807) is 0 Å². The Kier molecular flexibility index (Phi) is 3.75. The first-order valence-electron chi connectivity index (χ1n) is 9.76. The van der Waals surface area contributed by atoms with Crippen molar-refractivity contribution in [3.63, 3.8) is 0 Å². The van der Waals surface area contributed by atoms with Crippen LogP contribution in [0.1, 0.15) is 47.2 Å². The fourth-order valence-corrected chi connectivity index (χ4v) is 5.16. The second-order valence-electron chi connectivity index (χ2n) is 8.21. The Bertz CT molecular complexity index is 688. The van der Waals surface area contributed by atoms with E-state index in [1.165, 1.54) is 64.0 Å². The van der Waals surface area contributed by atoms with Gasteiger partial charge >= 0.3 is 0 Å². The van der Waals surface area contributed by atoms with Crippen molar-refractivity contribution < 1.29 is 9.53 Å². The van der Waals surface area contributed by atoms with Gasteiger partial charge < -0.3 is 20.3 Å². The molecule has 0 saturated carbocycles. The Morgan fingerprint density at radius 2 is 2.00 bits per heavy atom. The minimum Gasteiger partial charge on any atom is -0.492 e. The minimum atomic E-state index is 0.0409. The number of nitrogens with zero attached hydrogens (tertiary/aromatic N) is 1. The third-order valence-corrected chi connectivity index (χ3v) is 6.78. The van der Waals surface area contributed by atoms with Gasteiger partial charge in [0.05, 0.1) is 6.61 Å². The third kappa shape index (κ3) is 2.56. The third-order valence-electron chi connectivity index (χ3n) is 6.78. The molecule has 4 aliphatic rings. The molecule has 0 aliphatic carbocycles. The van der Waals surface area contributed by atoms with E-state index in [9.17, 15) is 4.79 Å². The number of rotatable bonds is 2. The predicted molar refractivity (Wildman–Crippen MR) is 96.1 cm³/mol. The molecule has 0 unspecified atom stereocenters. The fourth-order valence-electron chi connectivity index (χ4n) is 5.16. The molecule has 5 rings (SSSR count). The summed E-state index contributed by atoms with van der Waals surface area (Å²) in [6.45, 7) is 7.36. The molecule has 4 heterocycles. The summed E-state index contributed by atoms with van der Waals surface area (Å²) >= 11 is 0. The van der Waals surface area contributed by atoms with E-state index in [4.69, 9.17) is 4.74 Å². The van der Waals surface area contributed by atoms with Crippen LogP contribution >= 0.6 is 0 Å². The first-order chi connectivity index (χ1) is 12.3. The van der Waals surface area contributed by atoms with Crippen LogP contribution in [0.4, 0.5) is 0 Å². The standard InChI is InChI=1S/C20H27N3O2/c24-19-15-1-2-17-18(16(15)11-22-19)25-13-20(17)5-9-23(10-6-20)12-14-3-7-21-8-4-14/h1-2,14,21H,3-13H2,(H,22,24). The largest absolute Gasteiger partial charge is 0.492 e. The molecule has 0 bridgehead atoms. The molecule has 2 saturated heterocycles. The summed E-state index contributed by atoms with van der Waals surface area (Å²) < 4.78 is 6.15. The van der Waals surface area contributed by atoms with Gasteiger partial charge in [0, 0.05) is 35.2 Å². The lowest BCUT2D eigenvalue weighted by Gasteiger charge is -2.40. The van der Waals surface area contributed by atoms with Gasteiger partial charge in [-0.05, 0) is 63.8 Å². The van der Waals surface area contributed by atoms with Crippen LogP contribution in [-0.2, 0) is 12.0 Å². The highest BCUT2D eigenvalue weighted by Crippen LogP contribution is 2.48. The van der Waals surface area contributed by atoms with E-state index in [0.717, 1.165) is 29.4 Å². The average Bonchev–Trinajstić information content (AvgIpc) is 3.20. The molecular weight excluding hydrogens is 314 g/mol. The van der Waals surface area contributed by atoms with Crippen molar-refractivity contribution in [3.05, 3.63) is 28.8 Å². The first kappa shape index (κ1) is 15.6. The predicted octanol–water partition coefficient (Wildman–Crippen LogP) is 1.66. The number of carbonyl (C=O) groups excluding carboxylic acids is 1. The van der Waals surface area contributed by atoms with Crippen LogP contribution in [0.25, 0.3) is 0 Å². The number of likely N-dealkylation sites (tertiary alicyclic amines) is 1. The summed E-state index contributed by atoms with van der Waals surface area (Å²) in [6.07, 6.45) is 4.98. The highest BCUT2D eigenvalue weighted by Gasteiger charge is 2.45. The van der Waals surface area contributed by atoms with Crippen molar-refractivity contribution in [2.24, 2.45) is 5.92 Å². The average molecular weight is 341 g/mol. The van der Waals surface area contributed by atoms with Gasteiger partial charge in [-0.15, -0.1) is 0 Å². The van der Waals surface area contributed by atoms with Gasteiger partial charge in [0.1, 0.15) is 5.75 Å². The van der Waals surface area contributed by atoms with Crippen LogP contribution in [0.15, 0.2) is 12.1 Å².